The molecule has 0 aliphatic rings. The van der Waals surface area contributed by atoms with E-state index in [4.69, 9.17) is 5.11 Å². The monoisotopic (exact) mass is 299 g/mol. The number of hydrogen-bond acceptors (Lipinski definition) is 4. The van der Waals surface area contributed by atoms with Crippen LogP contribution in [-0.4, -0.2) is 23.7 Å². The maximum atomic E-state index is 13.3. The summed E-state index contributed by atoms with van der Waals surface area (Å²) in [5.41, 5.74) is 0.613. The predicted octanol–water partition coefficient (Wildman–Crippen LogP) is 1.08. The zero-order valence-corrected chi connectivity index (χ0v) is 11.5. The maximum absolute atomic E-state index is 13.3. The van der Waals surface area contributed by atoms with Crippen molar-refractivity contribution in [2.45, 2.75) is 24.5 Å². The van der Waals surface area contributed by atoms with Crippen molar-refractivity contribution in [3.63, 3.8) is 0 Å². The van der Waals surface area contributed by atoms with Crippen molar-refractivity contribution in [2.75, 3.05) is 0 Å². The highest BCUT2D eigenvalue weighted by Crippen LogP contribution is 2.18. The van der Waals surface area contributed by atoms with Crippen LogP contribution in [0.25, 0.3) is 0 Å². The number of aromatic nitrogens is 2. The van der Waals surface area contributed by atoms with Crippen LogP contribution in [0.15, 0.2) is 35.5 Å². The van der Waals surface area contributed by atoms with E-state index in [1.165, 1.54) is 6.20 Å². The molecule has 6 nitrogen and oxygen atoms in total. The zero-order chi connectivity index (χ0) is 14.8. The number of sulfonamides is 1. The van der Waals surface area contributed by atoms with Gasteiger partial charge in [0.05, 0.1) is 17.7 Å². The highest BCUT2D eigenvalue weighted by molar-refractivity contribution is 7.89. The second kappa shape index (κ2) is 5.70. The molecule has 0 saturated heterocycles. The first kappa shape index (κ1) is 14.6. The van der Waals surface area contributed by atoms with Crippen LogP contribution in [-0.2, 0) is 16.6 Å². The molecule has 2 rings (SSSR count). The van der Waals surface area contributed by atoms with E-state index in [2.05, 4.69) is 14.9 Å². The summed E-state index contributed by atoms with van der Waals surface area (Å²) in [6.45, 7) is 1.10. The minimum atomic E-state index is -3.80. The lowest BCUT2D eigenvalue weighted by Crippen LogP contribution is -2.26. The number of benzene rings is 1. The van der Waals surface area contributed by atoms with E-state index in [0.717, 1.165) is 18.2 Å². The summed E-state index contributed by atoms with van der Waals surface area (Å²) in [6.07, 6.45) is 3.09. The Labute approximate surface area is 115 Å². The molecule has 3 N–H and O–H groups in total. The van der Waals surface area contributed by atoms with E-state index in [-0.39, 0.29) is 10.5 Å². The summed E-state index contributed by atoms with van der Waals surface area (Å²) in [6, 6.07) is 2.79. The smallest absolute Gasteiger partial charge is 0.241 e. The van der Waals surface area contributed by atoms with Crippen LogP contribution < -0.4 is 4.72 Å². The molecule has 0 bridgehead atoms. The molecule has 0 spiro atoms. The van der Waals surface area contributed by atoms with Crippen molar-refractivity contribution in [3.8, 4) is 0 Å². The average molecular weight is 299 g/mol. The number of aliphatic hydroxyl groups is 1. The summed E-state index contributed by atoms with van der Waals surface area (Å²) in [5.74, 6) is -0.644. The Hall–Kier alpha value is -1.77. The van der Waals surface area contributed by atoms with Gasteiger partial charge in [0.2, 0.25) is 10.0 Å². The number of aromatic amines is 1. The summed E-state index contributed by atoms with van der Waals surface area (Å²) < 4.78 is 40.1. The lowest BCUT2D eigenvalue weighted by Gasteiger charge is -2.13. The van der Waals surface area contributed by atoms with E-state index in [1.54, 1.807) is 13.1 Å². The molecule has 8 heteroatoms. The van der Waals surface area contributed by atoms with Crippen LogP contribution in [0.5, 0.6) is 0 Å². The van der Waals surface area contributed by atoms with Crippen molar-refractivity contribution in [1.29, 1.82) is 0 Å². The third-order valence-corrected chi connectivity index (χ3v) is 4.39. The predicted molar refractivity (Wildman–Crippen MR) is 69.6 cm³/mol. The molecule has 1 heterocycles. The molecule has 0 amide bonds. The fourth-order valence-electron chi connectivity index (χ4n) is 1.71. The van der Waals surface area contributed by atoms with E-state index < -0.39 is 28.5 Å². The van der Waals surface area contributed by atoms with E-state index in [0.29, 0.717) is 5.56 Å². The van der Waals surface area contributed by atoms with Gasteiger partial charge in [-0.15, -0.1) is 0 Å². The Morgan fingerprint density at radius 1 is 1.50 bits per heavy atom. The average Bonchev–Trinajstić information content (AvgIpc) is 2.92. The topological polar surface area (TPSA) is 95.1 Å². The largest absolute Gasteiger partial charge is 0.392 e. The number of hydrogen-bond donors (Lipinski definition) is 3. The van der Waals surface area contributed by atoms with Gasteiger partial charge >= 0.3 is 0 Å². The second-order valence-electron chi connectivity index (χ2n) is 4.29. The van der Waals surface area contributed by atoms with Gasteiger partial charge in [-0.1, -0.05) is 0 Å². The van der Waals surface area contributed by atoms with Gasteiger partial charge in [-0.3, -0.25) is 5.10 Å². The first-order valence-corrected chi connectivity index (χ1v) is 7.32. The number of H-pyrrole nitrogens is 1. The molecule has 2 aromatic rings. The fourth-order valence-corrected chi connectivity index (χ4v) is 2.99. The van der Waals surface area contributed by atoms with Crippen LogP contribution >= 0.6 is 0 Å². The van der Waals surface area contributed by atoms with E-state index in [9.17, 15) is 12.8 Å². The molecule has 0 fully saturated rings. The molecule has 20 heavy (non-hydrogen) atoms. The van der Waals surface area contributed by atoms with Crippen LogP contribution in [0.1, 0.15) is 24.1 Å². The molecule has 0 aliphatic carbocycles. The Morgan fingerprint density at radius 2 is 2.25 bits per heavy atom. The Morgan fingerprint density at radius 3 is 2.85 bits per heavy atom. The highest BCUT2D eigenvalue weighted by atomic mass is 32.2. The number of nitrogens with one attached hydrogen (secondary N) is 2. The van der Waals surface area contributed by atoms with Crippen molar-refractivity contribution in [1.82, 2.24) is 14.9 Å². The van der Waals surface area contributed by atoms with Gasteiger partial charge in [0.15, 0.2) is 0 Å². The molecule has 0 aliphatic heterocycles. The van der Waals surface area contributed by atoms with Crippen molar-refractivity contribution in [3.05, 3.63) is 47.5 Å². The Kier molecular flexibility index (Phi) is 4.17. The number of halogens is 1. The number of rotatable bonds is 5. The summed E-state index contributed by atoms with van der Waals surface area (Å²) in [7, 11) is -3.80. The Bertz CT molecular complexity index is 686. The van der Waals surface area contributed by atoms with E-state index >= 15 is 0 Å². The third-order valence-electron chi connectivity index (χ3n) is 2.85. The van der Waals surface area contributed by atoms with Gasteiger partial charge in [-0.05, 0) is 25.1 Å². The minimum absolute atomic E-state index is 0.0659. The van der Waals surface area contributed by atoms with Crippen LogP contribution in [0, 0.1) is 5.82 Å². The maximum Gasteiger partial charge on any atom is 0.241 e. The van der Waals surface area contributed by atoms with Gasteiger partial charge in [0.1, 0.15) is 5.82 Å². The number of nitrogens with zero attached hydrogens (tertiary/aromatic N) is 1. The molecular weight excluding hydrogens is 285 g/mol. The summed E-state index contributed by atoms with van der Waals surface area (Å²) in [4.78, 5) is -0.0988. The second-order valence-corrected chi connectivity index (χ2v) is 6.00. The molecule has 1 unspecified atom stereocenters. The normalized spacial score (nSPS) is 13.3. The summed E-state index contributed by atoms with van der Waals surface area (Å²) >= 11 is 0. The van der Waals surface area contributed by atoms with Gasteiger partial charge in [0, 0.05) is 23.4 Å². The van der Waals surface area contributed by atoms with Crippen LogP contribution in [0.2, 0.25) is 0 Å². The Balaban J connectivity index is 2.26. The van der Waals surface area contributed by atoms with E-state index in [1.807, 2.05) is 0 Å². The van der Waals surface area contributed by atoms with Crippen molar-refractivity contribution in [2.24, 2.45) is 0 Å². The zero-order valence-electron chi connectivity index (χ0n) is 10.7. The molecular formula is C12H14FN3O3S. The minimum Gasteiger partial charge on any atom is -0.392 e. The highest BCUT2D eigenvalue weighted by Gasteiger charge is 2.20. The fraction of sp³-hybridized carbons (Fsp3) is 0.250. The molecule has 1 aromatic heterocycles. The third kappa shape index (κ3) is 3.03. The molecule has 0 saturated carbocycles. The molecule has 1 aromatic carbocycles. The van der Waals surface area contributed by atoms with Gasteiger partial charge in [-0.25, -0.2) is 17.5 Å². The van der Waals surface area contributed by atoms with Crippen molar-refractivity contribution >= 4 is 10.0 Å². The molecule has 108 valence electrons. The lowest BCUT2D eigenvalue weighted by molar-refractivity contribution is 0.275. The van der Waals surface area contributed by atoms with Crippen LogP contribution in [0.3, 0.4) is 0 Å². The lowest BCUT2D eigenvalue weighted by atomic mass is 10.2. The number of aliphatic hydroxyl groups excluding tert-OH is 1. The molecule has 1 atom stereocenters. The quantitative estimate of drug-likeness (QED) is 0.770. The first-order chi connectivity index (χ1) is 9.44. The van der Waals surface area contributed by atoms with Gasteiger partial charge in [0.25, 0.3) is 0 Å². The van der Waals surface area contributed by atoms with Crippen LogP contribution in [0.4, 0.5) is 4.39 Å². The summed E-state index contributed by atoms with van der Waals surface area (Å²) in [5, 5.41) is 15.3. The van der Waals surface area contributed by atoms with Gasteiger partial charge < -0.3 is 5.11 Å². The van der Waals surface area contributed by atoms with Crippen molar-refractivity contribution < 1.29 is 17.9 Å². The molecule has 0 radical (unpaired) electrons. The van der Waals surface area contributed by atoms with Gasteiger partial charge in [-0.2, -0.15) is 5.10 Å². The standard InChI is InChI=1S/C12H14FN3O3S/c1-8(10-5-14-15-6-10)16-20(18,19)11-2-3-12(13)9(4-11)7-17/h2-6,8,16-17H,7H2,1H3,(H,14,15). The SMILES string of the molecule is CC(NS(=O)(=O)c1ccc(F)c(CO)c1)c1cn[nH]c1. The first-order valence-electron chi connectivity index (χ1n) is 5.84.